The largest absolute Gasteiger partial charge is 0.397 e. The highest BCUT2D eigenvalue weighted by atomic mass is 32.2. The van der Waals surface area contributed by atoms with Crippen LogP contribution in [0, 0.1) is 0 Å². The van der Waals surface area contributed by atoms with Gasteiger partial charge in [0.2, 0.25) is 10.0 Å². The summed E-state index contributed by atoms with van der Waals surface area (Å²) in [4.78, 5) is 3.96. The molecule has 1 saturated heterocycles. The third kappa shape index (κ3) is 3.05. The van der Waals surface area contributed by atoms with Crippen molar-refractivity contribution in [3.05, 3.63) is 18.5 Å². The molecule has 1 aliphatic heterocycles. The summed E-state index contributed by atoms with van der Waals surface area (Å²) in [5.41, 5.74) is 5.92. The number of anilines is 1. The van der Waals surface area contributed by atoms with Gasteiger partial charge >= 0.3 is 0 Å². The SMILES string of the molecule is Nc1cncc(S(=O)(=O)N2CCCCC2CCO)c1. The number of aromatic nitrogens is 1. The number of hydrogen-bond donors (Lipinski definition) is 2. The molecule has 0 bridgehead atoms. The van der Waals surface area contributed by atoms with E-state index in [1.165, 1.54) is 22.8 Å². The van der Waals surface area contributed by atoms with E-state index < -0.39 is 10.0 Å². The number of pyridine rings is 1. The normalized spacial score (nSPS) is 21.4. The predicted octanol–water partition coefficient (Wildman–Crippen LogP) is 0.589. The highest BCUT2D eigenvalue weighted by molar-refractivity contribution is 7.89. The van der Waals surface area contributed by atoms with Crippen molar-refractivity contribution >= 4 is 15.7 Å². The quantitative estimate of drug-likeness (QED) is 0.844. The number of nitrogens with two attached hydrogens (primary N) is 1. The Bertz CT molecular complexity index is 531. The standard InChI is InChI=1S/C12H19N3O3S/c13-10-7-12(9-14-8-10)19(17,18)15-5-2-1-3-11(15)4-6-16/h7-9,11,16H,1-6,13H2. The van der Waals surface area contributed by atoms with Gasteiger partial charge in [0, 0.05) is 31.6 Å². The molecule has 6 nitrogen and oxygen atoms in total. The molecule has 3 N–H and O–H groups in total. The number of aliphatic hydroxyl groups excluding tert-OH is 1. The zero-order chi connectivity index (χ0) is 13.9. The van der Waals surface area contributed by atoms with Crippen molar-refractivity contribution in [2.45, 2.75) is 36.6 Å². The maximum atomic E-state index is 12.6. The van der Waals surface area contributed by atoms with Crippen LogP contribution in [0.2, 0.25) is 0 Å². The van der Waals surface area contributed by atoms with Gasteiger partial charge in [0.15, 0.2) is 0 Å². The number of piperidine rings is 1. The van der Waals surface area contributed by atoms with Crippen LogP contribution < -0.4 is 5.73 Å². The zero-order valence-corrected chi connectivity index (χ0v) is 11.5. The monoisotopic (exact) mass is 285 g/mol. The molecule has 0 aromatic carbocycles. The first-order valence-corrected chi connectivity index (χ1v) is 7.83. The lowest BCUT2D eigenvalue weighted by Gasteiger charge is -2.34. The lowest BCUT2D eigenvalue weighted by Crippen LogP contribution is -2.44. The molecule has 1 atom stereocenters. The number of hydrogen-bond acceptors (Lipinski definition) is 5. The molecular formula is C12H19N3O3S. The van der Waals surface area contributed by atoms with E-state index in [-0.39, 0.29) is 17.5 Å². The van der Waals surface area contributed by atoms with Crippen LogP contribution in [-0.4, -0.2) is 42.0 Å². The topological polar surface area (TPSA) is 96.5 Å². The van der Waals surface area contributed by atoms with Gasteiger partial charge in [-0.2, -0.15) is 4.31 Å². The number of nitrogens with zero attached hydrogens (tertiary/aromatic N) is 2. The fraction of sp³-hybridized carbons (Fsp3) is 0.583. The van der Waals surface area contributed by atoms with Gasteiger partial charge in [-0.25, -0.2) is 8.42 Å². The van der Waals surface area contributed by atoms with E-state index in [2.05, 4.69) is 4.98 Å². The second-order valence-electron chi connectivity index (χ2n) is 4.73. The van der Waals surface area contributed by atoms with Gasteiger partial charge in [0.05, 0.1) is 5.69 Å². The summed E-state index contributed by atoms with van der Waals surface area (Å²) in [5.74, 6) is 0. The van der Waals surface area contributed by atoms with Gasteiger partial charge in [-0.15, -0.1) is 0 Å². The van der Waals surface area contributed by atoms with Crippen LogP contribution in [0.3, 0.4) is 0 Å². The summed E-state index contributed by atoms with van der Waals surface area (Å²) >= 11 is 0. The minimum absolute atomic E-state index is 0.00807. The predicted molar refractivity (Wildman–Crippen MR) is 71.9 cm³/mol. The first-order chi connectivity index (χ1) is 9.05. The van der Waals surface area contributed by atoms with Crippen molar-refractivity contribution in [3.63, 3.8) is 0 Å². The molecule has 0 aliphatic carbocycles. The molecule has 0 saturated carbocycles. The lowest BCUT2D eigenvalue weighted by molar-refractivity contribution is 0.192. The summed E-state index contributed by atoms with van der Waals surface area (Å²) in [6.07, 6.45) is 5.82. The molecule has 0 radical (unpaired) electrons. The van der Waals surface area contributed by atoms with Crippen LogP contribution in [0.4, 0.5) is 5.69 Å². The van der Waals surface area contributed by atoms with Gasteiger partial charge in [-0.1, -0.05) is 6.42 Å². The molecule has 1 unspecified atom stereocenters. The summed E-state index contributed by atoms with van der Waals surface area (Å²) in [5, 5.41) is 9.06. The average molecular weight is 285 g/mol. The smallest absolute Gasteiger partial charge is 0.244 e. The first kappa shape index (κ1) is 14.2. The van der Waals surface area contributed by atoms with Gasteiger partial charge in [0.25, 0.3) is 0 Å². The molecule has 106 valence electrons. The van der Waals surface area contributed by atoms with Gasteiger partial charge in [-0.3, -0.25) is 4.98 Å². The molecule has 7 heteroatoms. The Hall–Kier alpha value is -1.18. The third-order valence-corrected chi connectivity index (χ3v) is 5.29. The third-order valence-electron chi connectivity index (χ3n) is 3.38. The second kappa shape index (κ2) is 5.85. The Morgan fingerprint density at radius 3 is 2.89 bits per heavy atom. The molecule has 0 amide bonds. The number of aliphatic hydroxyl groups is 1. The first-order valence-electron chi connectivity index (χ1n) is 6.39. The molecular weight excluding hydrogens is 266 g/mol. The van der Waals surface area contributed by atoms with Crippen molar-refractivity contribution in [2.24, 2.45) is 0 Å². The van der Waals surface area contributed by atoms with Gasteiger partial charge in [0.1, 0.15) is 4.90 Å². The molecule has 0 spiro atoms. The number of sulfonamides is 1. The van der Waals surface area contributed by atoms with Crippen molar-refractivity contribution in [1.29, 1.82) is 0 Å². The van der Waals surface area contributed by atoms with Crippen molar-refractivity contribution < 1.29 is 13.5 Å². The molecule has 2 rings (SSSR count). The van der Waals surface area contributed by atoms with E-state index in [9.17, 15) is 8.42 Å². The highest BCUT2D eigenvalue weighted by Gasteiger charge is 2.33. The van der Waals surface area contributed by atoms with E-state index in [1.54, 1.807) is 0 Å². The summed E-state index contributed by atoms with van der Waals surface area (Å²) in [6.45, 7) is 0.480. The minimum Gasteiger partial charge on any atom is -0.397 e. The van der Waals surface area contributed by atoms with Gasteiger partial charge in [-0.05, 0) is 25.3 Å². The van der Waals surface area contributed by atoms with E-state index in [0.29, 0.717) is 18.7 Å². The fourth-order valence-electron chi connectivity index (χ4n) is 2.44. The molecule has 2 heterocycles. The summed E-state index contributed by atoms with van der Waals surface area (Å²) in [6, 6.07) is 1.29. The van der Waals surface area contributed by atoms with Gasteiger partial charge < -0.3 is 10.8 Å². The van der Waals surface area contributed by atoms with Crippen LogP contribution >= 0.6 is 0 Å². The van der Waals surface area contributed by atoms with E-state index in [4.69, 9.17) is 10.8 Å². The summed E-state index contributed by atoms with van der Waals surface area (Å²) < 4.78 is 26.6. The number of nitrogen functional groups attached to an aromatic ring is 1. The van der Waals surface area contributed by atoms with Crippen LogP contribution in [0.1, 0.15) is 25.7 Å². The average Bonchev–Trinajstić information content (AvgIpc) is 2.39. The van der Waals surface area contributed by atoms with Crippen LogP contribution in [0.25, 0.3) is 0 Å². The molecule has 1 fully saturated rings. The summed E-state index contributed by atoms with van der Waals surface area (Å²) in [7, 11) is -3.58. The Morgan fingerprint density at radius 2 is 2.21 bits per heavy atom. The van der Waals surface area contributed by atoms with Crippen LogP contribution in [-0.2, 0) is 10.0 Å². The number of rotatable bonds is 4. The van der Waals surface area contributed by atoms with E-state index >= 15 is 0 Å². The Morgan fingerprint density at radius 1 is 1.42 bits per heavy atom. The second-order valence-corrected chi connectivity index (χ2v) is 6.62. The Kier molecular flexibility index (Phi) is 4.38. The van der Waals surface area contributed by atoms with Crippen molar-refractivity contribution in [1.82, 2.24) is 9.29 Å². The highest BCUT2D eigenvalue weighted by Crippen LogP contribution is 2.27. The zero-order valence-electron chi connectivity index (χ0n) is 10.7. The van der Waals surface area contributed by atoms with Crippen LogP contribution in [0.15, 0.2) is 23.4 Å². The maximum Gasteiger partial charge on any atom is 0.244 e. The molecule has 1 aliphatic rings. The van der Waals surface area contributed by atoms with Crippen molar-refractivity contribution in [3.8, 4) is 0 Å². The molecule has 19 heavy (non-hydrogen) atoms. The maximum absolute atomic E-state index is 12.6. The molecule has 1 aromatic heterocycles. The fourth-order valence-corrected chi connectivity index (χ4v) is 4.16. The van der Waals surface area contributed by atoms with E-state index in [0.717, 1.165) is 19.3 Å². The molecule has 1 aromatic rings. The van der Waals surface area contributed by atoms with E-state index in [1.807, 2.05) is 0 Å². The Balaban J connectivity index is 2.31. The lowest BCUT2D eigenvalue weighted by atomic mass is 10.0. The van der Waals surface area contributed by atoms with Crippen LogP contribution in [0.5, 0.6) is 0 Å². The minimum atomic E-state index is -3.58. The Labute approximate surface area is 113 Å². The van der Waals surface area contributed by atoms with Crippen molar-refractivity contribution in [2.75, 3.05) is 18.9 Å².